The van der Waals surface area contributed by atoms with E-state index in [4.69, 9.17) is 16.7 Å². The molecule has 1 fully saturated rings. The van der Waals surface area contributed by atoms with Gasteiger partial charge >= 0.3 is 0 Å². The van der Waals surface area contributed by atoms with Crippen LogP contribution in [0.1, 0.15) is 39.0 Å². The van der Waals surface area contributed by atoms with Crippen molar-refractivity contribution in [2.45, 2.75) is 44.6 Å². The van der Waals surface area contributed by atoms with Crippen LogP contribution in [0.3, 0.4) is 0 Å². The molecule has 1 aliphatic heterocycles. The lowest BCUT2D eigenvalue weighted by molar-refractivity contribution is 0.282. The maximum atomic E-state index is 6.04. The van der Waals surface area contributed by atoms with E-state index in [1.165, 1.54) is 25.0 Å². The summed E-state index contributed by atoms with van der Waals surface area (Å²) in [7, 11) is 1.99. The molecule has 0 atom stereocenters. The maximum Gasteiger partial charge on any atom is 0.224 e. The Bertz CT molecular complexity index is 742. The third-order valence-electron chi connectivity index (χ3n) is 4.91. The Hall–Kier alpha value is -1.62. The zero-order valence-electron chi connectivity index (χ0n) is 12.3. The molecule has 1 spiro atoms. The van der Waals surface area contributed by atoms with Gasteiger partial charge in [-0.05, 0) is 37.4 Å². The first kappa shape index (κ1) is 13.1. The van der Waals surface area contributed by atoms with Crippen molar-refractivity contribution in [1.82, 2.24) is 14.5 Å². The Balaban J connectivity index is 2.04. The fourth-order valence-corrected chi connectivity index (χ4v) is 4.00. The lowest BCUT2D eigenvalue weighted by Crippen LogP contribution is -2.47. The van der Waals surface area contributed by atoms with Crippen LogP contribution in [0.2, 0.25) is 5.28 Å². The van der Waals surface area contributed by atoms with Crippen molar-refractivity contribution in [2.75, 3.05) is 12.1 Å². The minimum absolute atomic E-state index is 0.0421. The second-order valence-electron chi connectivity index (χ2n) is 6.06. The van der Waals surface area contributed by atoms with E-state index in [0.717, 1.165) is 29.7 Å². The first-order chi connectivity index (χ1) is 10.1. The molecule has 5 nitrogen and oxygen atoms in total. The minimum Gasteiger partial charge on any atom is -0.299 e. The van der Waals surface area contributed by atoms with E-state index in [0.29, 0.717) is 5.28 Å². The van der Waals surface area contributed by atoms with Crippen molar-refractivity contribution in [2.24, 2.45) is 5.10 Å². The standard InChI is InChI=1S/C15H18ClN5/c1-10-15(6-4-3-5-7-15)21-12(20(2)19-10)8-11-9-17-14(16)18-13(11)21/h8-9H,3-7H2,1-2H3. The molecular weight excluding hydrogens is 286 g/mol. The van der Waals surface area contributed by atoms with Gasteiger partial charge in [-0.1, -0.05) is 19.3 Å². The molecule has 0 radical (unpaired) electrons. The predicted molar refractivity (Wildman–Crippen MR) is 85.1 cm³/mol. The van der Waals surface area contributed by atoms with Crippen LogP contribution in [0.4, 0.5) is 5.82 Å². The topological polar surface area (TPSA) is 46.3 Å². The van der Waals surface area contributed by atoms with E-state index in [2.05, 4.69) is 27.5 Å². The second kappa shape index (κ2) is 4.44. The number of anilines is 1. The highest BCUT2D eigenvalue weighted by Crippen LogP contribution is 2.44. The number of aromatic nitrogens is 3. The Morgan fingerprint density at radius 2 is 2.00 bits per heavy atom. The van der Waals surface area contributed by atoms with E-state index in [9.17, 15) is 0 Å². The second-order valence-corrected chi connectivity index (χ2v) is 6.40. The van der Waals surface area contributed by atoms with Gasteiger partial charge in [-0.3, -0.25) is 9.58 Å². The molecule has 6 heteroatoms. The van der Waals surface area contributed by atoms with Gasteiger partial charge in [-0.2, -0.15) is 10.1 Å². The third kappa shape index (κ3) is 1.73. The average molecular weight is 304 g/mol. The molecule has 1 aliphatic carbocycles. The normalized spacial score (nSPS) is 20.7. The molecule has 0 bridgehead atoms. The van der Waals surface area contributed by atoms with Gasteiger partial charge in [-0.25, -0.2) is 4.98 Å². The van der Waals surface area contributed by atoms with Gasteiger partial charge in [0.2, 0.25) is 5.28 Å². The minimum atomic E-state index is -0.0421. The summed E-state index contributed by atoms with van der Waals surface area (Å²) in [4.78, 5) is 8.62. The lowest BCUT2D eigenvalue weighted by atomic mass is 9.78. The van der Waals surface area contributed by atoms with Crippen molar-refractivity contribution in [3.8, 4) is 0 Å². The molecule has 0 saturated heterocycles. The van der Waals surface area contributed by atoms with Crippen LogP contribution in [0, 0.1) is 0 Å². The molecule has 1 saturated carbocycles. The van der Waals surface area contributed by atoms with E-state index < -0.39 is 0 Å². The maximum absolute atomic E-state index is 6.04. The molecule has 2 aliphatic rings. The van der Waals surface area contributed by atoms with Gasteiger partial charge in [0, 0.05) is 18.6 Å². The van der Waals surface area contributed by atoms with Crippen LogP contribution < -0.4 is 5.01 Å². The van der Waals surface area contributed by atoms with Crippen LogP contribution in [-0.4, -0.2) is 27.3 Å². The molecule has 2 aromatic heterocycles. The molecule has 0 amide bonds. The fourth-order valence-electron chi connectivity index (χ4n) is 3.87. The zero-order valence-corrected chi connectivity index (χ0v) is 13.1. The summed E-state index contributed by atoms with van der Waals surface area (Å²) in [6.07, 6.45) is 7.80. The SMILES string of the molecule is CC1=NN(C)c2cc3cnc(Cl)nc3n2C12CCCCC2. The number of hydrazone groups is 1. The van der Waals surface area contributed by atoms with Crippen LogP contribution >= 0.6 is 11.6 Å². The monoisotopic (exact) mass is 303 g/mol. The number of rotatable bonds is 0. The summed E-state index contributed by atoms with van der Waals surface area (Å²) >= 11 is 6.04. The Morgan fingerprint density at radius 1 is 1.24 bits per heavy atom. The quantitative estimate of drug-likeness (QED) is 0.699. The van der Waals surface area contributed by atoms with Gasteiger partial charge in [0.25, 0.3) is 0 Å². The molecule has 21 heavy (non-hydrogen) atoms. The van der Waals surface area contributed by atoms with E-state index in [1.54, 1.807) is 6.20 Å². The summed E-state index contributed by atoms with van der Waals surface area (Å²) < 4.78 is 2.34. The molecule has 0 N–H and O–H groups in total. The van der Waals surface area contributed by atoms with E-state index in [1.807, 2.05) is 12.1 Å². The first-order valence-electron chi connectivity index (χ1n) is 7.46. The zero-order chi connectivity index (χ0) is 14.6. The summed E-state index contributed by atoms with van der Waals surface area (Å²) in [6.45, 7) is 2.14. The van der Waals surface area contributed by atoms with E-state index in [-0.39, 0.29) is 5.54 Å². The molecule has 2 aromatic rings. The summed E-state index contributed by atoms with van der Waals surface area (Å²) in [6, 6.07) is 2.11. The van der Waals surface area contributed by atoms with Crippen molar-refractivity contribution < 1.29 is 0 Å². The summed E-state index contributed by atoms with van der Waals surface area (Å²) in [5.41, 5.74) is 2.05. The number of hydrogen-bond acceptors (Lipinski definition) is 4. The molecule has 4 rings (SSSR count). The Labute approximate surface area is 128 Å². The van der Waals surface area contributed by atoms with Crippen molar-refractivity contribution in [3.63, 3.8) is 0 Å². The number of hydrogen-bond donors (Lipinski definition) is 0. The average Bonchev–Trinajstić information content (AvgIpc) is 2.86. The molecule has 0 unspecified atom stereocenters. The van der Waals surface area contributed by atoms with Gasteiger partial charge in [-0.15, -0.1) is 0 Å². The summed E-state index contributed by atoms with van der Waals surface area (Å²) in [5, 5.41) is 8.03. The van der Waals surface area contributed by atoms with Gasteiger partial charge in [0.1, 0.15) is 11.5 Å². The van der Waals surface area contributed by atoms with Crippen LogP contribution in [0.25, 0.3) is 11.0 Å². The first-order valence-corrected chi connectivity index (χ1v) is 7.83. The Kier molecular flexibility index (Phi) is 2.76. The highest BCUT2D eigenvalue weighted by atomic mass is 35.5. The van der Waals surface area contributed by atoms with Crippen molar-refractivity contribution >= 4 is 34.2 Å². The highest BCUT2D eigenvalue weighted by Gasteiger charge is 2.42. The van der Waals surface area contributed by atoms with Gasteiger partial charge < -0.3 is 0 Å². The number of nitrogens with zero attached hydrogens (tertiary/aromatic N) is 5. The molecular formula is C15H18ClN5. The summed E-state index contributed by atoms with van der Waals surface area (Å²) in [5.74, 6) is 1.08. The highest BCUT2D eigenvalue weighted by molar-refractivity contribution is 6.28. The smallest absolute Gasteiger partial charge is 0.224 e. The van der Waals surface area contributed by atoms with Gasteiger partial charge in [0.05, 0.1) is 11.3 Å². The van der Waals surface area contributed by atoms with Crippen LogP contribution in [0.15, 0.2) is 17.4 Å². The lowest BCUT2D eigenvalue weighted by Gasteiger charge is -2.44. The van der Waals surface area contributed by atoms with Crippen molar-refractivity contribution in [1.29, 1.82) is 0 Å². The van der Waals surface area contributed by atoms with Crippen LogP contribution in [0.5, 0.6) is 0 Å². The molecule has 0 aromatic carbocycles. The Morgan fingerprint density at radius 3 is 2.76 bits per heavy atom. The third-order valence-corrected chi connectivity index (χ3v) is 5.09. The van der Waals surface area contributed by atoms with Crippen LogP contribution in [-0.2, 0) is 5.54 Å². The molecule has 110 valence electrons. The largest absolute Gasteiger partial charge is 0.299 e. The van der Waals surface area contributed by atoms with Gasteiger partial charge in [0.15, 0.2) is 0 Å². The van der Waals surface area contributed by atoms with E-state index >= 15 is 0 Å². The number of halogens is 1. The fraction of sp³-hybridized carbons (Fsp3) is 0.533. The van der Waals surface area contributed by atoms with Crippen molar-refractivity contribution in [3.05, 3.63) is 17.5 Å². The molecule has 3 heterocycles. The predicted octanol–water partition coefficient (Wildman–Crippen LogP) is 3.57. The number of fused-ring (bicyclic) bond motifs is 4.